The first-order chi connectivity index (χ1) is 9.25. The molecule has 3 atom stereocenters. The topological polar surface area (TPSA) is 74.7 Å². The Morgan fingerprint density at radius 1 is 1.35 bits per heavy atom. The number of nitrogens with zero attached hydrogens (tertiary/aromatic N) is 1. The third-order valence-corrected chi connectivity index (χ3v) is 5.27. The van der Waals surface area contributed by atoms with Gasteiger partial charge in [-0.25, -0.2) is 17.2 Å². The molecule has 1 heterocycles. The highest BCUT2D eigenvalue weighted by molar-refractivity contribution is 7.89. The van der Waals surface area contributed by atoms with Gasteiger partial charge in [-0.15, -0.1) is 0 Å². The predicted molar refractivity (Wildman–Crippen MR) is 65.8 cm³/mol. The highest BCUT2D eigenvalue weighted by Crippen LogP contribution is 2.32. The number of carboxylic acid groups (broad SMARTS) is 1. The number of rotatable bonds is 3. The molecule has 0 amide bonds. The summed E-state index contributed by atoms with van der Waals surface area (Å²) in [6, 6.07) is 2.50. The van der Waals surface area contributed by atoms with E-state index >= 15 is 0 Å². The summed E-state index contributed by atoms with van der Waals surface area (Å²) in [5.41, 5.74) is 0. The van der Waals surface area contributed by atoms with Crippen molar-refractivity contribution < 1.29 is 27.1 Å². The van der Waals surface area contributed by atoms with E-state index in [0.29, 0.717) is 4.31 Å². The summed E-state index contributed by atoms with van der Waals surface area (Å²) in [6.45, 7) is 0.835. The molecule has 0 saturated carbocycles. The second kappa shape index (κ2) is 5.10. The number of hydrogen-bond acceptors (Lipinski definition) is 3. The maximum atomic E-state index is 13.7. The molecule has 0 radical (unpaired) electrons. The summed E-state index contributed by atoms with van der Waals surface area (Å²) < 4.78 is 51.8. The van der Waals surface area contributed by atoms with Gasteiger partial charge in [-0.05, 0) is 24.3 Å². The van der Waals surface area contributed by atoms with E-state index in [4.69, 9.17) is 5.11 Å². The van der Waals surface area contributed by atoms with Crippen LogP contribution in [-0.2, 0) is 14.8 Å². The smallest absolute Gasteiger partial charge is 0.322 e. The summed E-state index contributed by atoms with van der Waals surface area (Å²) in [5.74, 6) is -2.96. The molecule has 1 aromatic rings. The first kappa shape index (κ1) is 14.9. The van der Waals surface area contributed by atoms with Crippen LogP contribution in [0.5, 0.6) is 0 Å². The molecule has 1 aromatic carbocycles. The molecular weight excluding hydrogens is 292 g/mol. The van der Waals surface area contributed by atoms with Crippen LogP contribution in [0.15, 0.2) is 29.2 Å². The van der Waals surface area contributed by atoms with E-state index in [-0.39, 0.29) is 4.90 Å². The van der Waals surface area contributed by atoms with Crippen LogP contribution in [0.25, 0.3) is 0 Å². The molecule has 20 heavy (non-hydrogen) atoms. The van der Waals surface area contributed by atoms with Crippen LogP contribution in [0.3, 0.4) is 0 Å². The van der Waals surface area contributed by atoms with E-state index in [1.165, 1.54) is 6.92 Å². The van der Waals surface area contributed by atoms with Gasteiger partial charge in [0.2, 0.25) is 10.0 Å². The van der Waals surface area contributed by atoms with Crippen LogP contribution < -0.4 is 0 Å². The SMILES string of the molecule is C[C@@H]1[C@@H](C(=O)O)N(S(=O)(=O)c2ccc(F)cc2)C[C@@H]1F. The fraction of sp³-hybridized carbons (Fsp3) is 0.417. The van der Waals surface area contributed by atoms with Crippen molar-refractivity contribution in [3.63, 3.8) is 0 Å². The lowest BCUT2D eigenvalue weighted by Gasteiger charge is -2.22. The Morgan fingerprint density at radius 3 is 2.40 bits per heavy atom. The van der Waals surface area contributed by atoms with Gasteiger partial charge in [-0.1, -0.05) is 6.92 Å². The van der Waals surface area contributed by atoms with Crippen LogP contribution in [0.1, 0.15) is 6.92 Å². The van der Waals surface area contributed by atoms with Crippen LogP contribution in [-0.4, -0.2) is 42.6 Å². The van der Waals surface area contributed by atoms with Crippen molar-refractivity contribution in [2.24, 2.45) is 5.92 Å². The zero-order valence-electron chi connectivity index (χ0n) is 10.5. The van der Waals surface area contributed by atoms with Crippen LogP contribution in [0, 0.1) is 11.7 Å². The lowest BCUT2D eigenvalue weighted by Crippen LogP contribution is -2.42. The van der Waals surface area contributed by atoms with E-state index in [2.05, 4.69) is 0 Å². The number of carboxylic acids is 1. The third-order valence-electron chi connectivity index (χ3n) is 3.41. The summed E-state index contributed by atoms with van der Waals surface area (Å²) in [6.07, 6.45) is -1.55. The van der Waals surface area contributed by atoms with E-state index in [1.54, 1.807) is 0 Å². The molecule has 1 aliphatic rings. The molecule has 1 saturated heterocycles. The van der Waals surface area contributed by atoms with E-state index in [0.717, 1.165) is 24.3 Å². The quantitative estimate of drug-likeness (QED) is 0.912. The van der Waals surface area contributed by atoms with Crippen molar-refractivity contribution in [3.8, 4) is 0 Å². The minimum Gasteiger partial charge on any atom is -0.480 e. The predicted octanol–water partition coefficient (Wildman–Crippen LogP) is 1.26. The first-order valence-electron chi connectivity index (χ1n) is 5.89. The number of hydrogen-bond donors (Lipinski definition) is 1. The third kappa shape index (κ3) is 2.40. The van der Waals surface area contributed by atoms with Gasteiger partial charge in [0.1, 0.15) is 18.0 Å². The minimum atomic E-state index is -4.17. The number of halogens is 2. The van der Waals surface area contributed by atoms with Crippen LogP contribution >= 0.6 is 0 Å². The lowest BCUT2D eigenvalue weighted by molar-refractivity contribution is -0.141. The molecule has 2 rings (SSSR count). The van der Waals surface area contributed by atoms with Gasteiger partial charge in [-0.3, -0.25) is 4.79 Å². The standard InChI is InChI=1S/C12H13F2NO4S/c1-7-10(14)6-15(11(7)12(16)17)20(18,19)9-4-2-8(13)3-5-9/h2-5,7,10-11H,6H2,1H3,(H,16,17)/t7-,10-,11-/m0/s1. The number of aliphatic carboxylic acids is 1. The Morgan fingerprint density at radius 2 is 1.90 bits per heavy atom. The Bertz CT molecular complexity index is 617. The Hall–Kier alpha value is -1.54. The Kier molecular flexibility index (Phi) is 3.79. The fourth-order valence-corrected chi connectivity index (χ4v) is 3.92. The van der Waals surface area contributed by atoms with Crippen molar-refractivity contribution in [1.82, 2.24) is 4.31 Å². The average Bonchev–Trinajstić information content (AvgIpc) is 2.67. The number of carbonyl (C=O) groups is 1. The molecule has 0 aliphatic carbocycles. The van der Waals surface area contributed by atoms with E-state index in [1.807, 2.05) is 0 Å². The number of alkyl halides is 1. The first-order valence-corrected chi connectivity index (χ1v) is 7.33. The highest BCUT2D eigenvalue weighted by Gasteiger charge is 2.49. The largest absolute Gasteiger partial charge is 0.480 e. The van der Waals surface area contributed by atoms with Gasteiger partial charge < -0.3 is 5.11 Å². The second-order valence-corrected chi connectivity index (χ2v) is 6.58. The molecular formula is C12H13F2NO4S. The monoisotopic (exact) mass is 305 g/mol. The van der Waals surface area contributed by atoms with Gasteiger partial charge >= 0.3 is 5.97 Å². The molecule has 5 nitrogen and oxygen atoms in total. The molecule has 1 fully saturated rings. The van der Waals surface area contributed by atoms with Crippen molar-refractivity contribution in [1.29, 1.82) is 0 Å². The van der Waals surface area contributed by atoms with Gasteiger partial charge in [-0.2, -0.15) is 4.31 Å². The van der Waals surface area contributed by atoms with Crippen LogP contribution in [0.2, 0.25) is 0 Å². The zero-order valence-corrected chi connectivity index (χ0v) is 11.3. The van der Waals surface area contributed by atoms with Gasteiger partial charge in [0.25, 0.3) is 0 Å². The fourth-order valence-electron chi connectivity index (χ4n) is 2.25. The maximum absolute atomic E-state index is 13.7. The maximum Gasteiger partial charge on any atom is 0.322 e. The van der Waals surface area contributed by atoms with Crippen molar-refractivity contribution in [2.75, 3.05) is 6.54 Å². The Balaban J connectivity index is 2.43. The summed E-state index contributed by atoms with van der Waals surface area (Å²) in [7, 11) is -4.17. The Labute approximate surface area is 114 Å². The molecule has 0 unspecified atom stereocenters. The second-order valence-electron chi connectivity index (χ2n) is 4.69. The van der Waals surface area contributed by atoms with E-state index < -0.39 is 46.5 Å². The van der Waals surface area contributed by atoms with Crippen molar-refractivity contribution >= 4 is 16.0 Å². The molecule has 110 valence electrons. The molecule has 0 aromatic heterocycles. The van der Waals surface area contributed by atoms with Crippen LogP contribution in [0.4, 0.5) is 8.78 Å². The summed E-state index contributed by atoms with van der Waals surface area (Å²) in [4.78, 5) is 10.9. The van der Waals surface area contributed by atoms with Gasteiger partial charge in [0.15, 0.2) is 0 Å². The molecule has 1 aliphatic heterocycles. The molecule has 0 bridgehead atoms. The number of sulfonamides is 1. The van der Waals surface area contributed by atoms with Gasteiger partial charge in [0.05, 0.1) is 4.90 Å². The average molecular weight is 305 g/mol. The molecule has 0 spiro atoms. The summed E-state index contributed by atoms with van der Waals surface area (Å²) in [5, 5.41) is 9.09. The molecule has 8 heteroatoms. The molecule has 1 N–H and O–H groups in total. The van der Waals surface area contributed by atoms with Crippen molar-refractivity contribution in [2.45, 2.75) is 24.0 Å². The van der Waals surface area contributed by atoms with Gasteiger partial charge in [0, 0.05) is 12.5 Å². The highest BCUT2D eigenvalue weighted by atomic mass is 32.2. The zero-order chi connectivity index (χ0) is 15.1. The normalized spacial score (nSPS) is 27.6. The van der Waals surface area contributed by atoms with Crippen molar-refractivity contribution in [3.05, 3.63) is 30.1 Å². The number of benzene rings is 1. The van der Waals surface area contributed by atoms with E-state index in [9.17, 15) is 22.0 Å². The minimum absolute atomic E-state index is 0.258. The summed E-state index contributed by atoms with van der Waals surface area (Å²) >= 11 is 0. The lowest BCUT2D eigenvalue weighted by atomic mass is 10.0.